The lowest BCUT2D eigenvalue weighted by atomic mass is 10.3. The van der Waals surface area contributed by atoms with Gasteiger partial charge in [-0.3, -0.25) is 5.43 Å². The molecule has 5 nitrogen and oxygen atoms in total. The Kier molecular flexibility index (Phi) is 2.92. The minimum Gasteiger partial charge on any atom is -0.375 e. The van der Waals surface area contributed by atoms with Crippen molar-refractivity contribution in [2.45, 2.75) is 18.6 Å². The van der Waals surface area contributed by atoms with Gasteiger partial charge in [0.05, 0.1) is 17.6 Å². The number of aryl methyl sites for hydroxylation is 1. The number of nitrogens with zero attached hydrogens (tertiary/aromatic N) is 3. The molecule has 2 heterocycles. The predicted molar refractivity (Wildman–Crippen MR) is 65.2 cm³/mol. The molecule has 0 atom stereocenters. The van der Waals surface area contributed by atoms with Crippen molar-refractivity contribution in [2.24, 2.45) is 10.8 Å². The van der Waals surface area contributed by atoms with E-state index in [9.17, 15) is 0 Å². The molecule has 1 aromatic heterocycles. The third-order valence-electron chi connectivity index (χ3n) is 2.06. The lowest BCUT2D eigenvalue weighted by molar-refractivity contribution is 0.715. The van der Waals surface area contributed by atoms with Gasteiger partial charge in [0.15, 0.2) is 10.3 Å². The molecule has 15 heavy (non-hydrogen) atoms. The van der Waals surface area contributed by atoms with Crippen LogP contribution in [0.3, 0.4) is 0 Å². The number of hydrogen-bond acceptors (Lipinski definition) is 4. The fourth-order valence-corrected chi connectivity index (χ4v) is 2.49. The zero-order valence-electron chi connectivity index (χ0n) is 8.23. The van der Waals surface area contributed by atoms with Gasteiger partial charge in [-0.25, -0.2) is 4.98 Å². The van der Waals surface area contributed by atoms with Gasteiger partial charge < -0.3 is 10.3 Å². The van der Waals surface area contributed by atoms with Crippen molar-refractivity contribution >= 4 is 35.3 Å². The molecule has 2 rings (SSSR count). The van der Waals surface area contributed by atoms with E-state index in [4.69, 9.17) is 5.73 Å². The molecule has 0 fully saturated rings. The highest BCUT2D eigenvalue weighted by Crippen LogP contribution is 2.26. The Labute approximate surface area is 97.1 Å². The van der Waals surface area contributed by atoms with Crippen LogP contribution < -0.4 is 11.2 Å². The van der Waals surface area contributed by atoms with Crippen LogP contribution in [0.2, 0.25) is 0 Å². The van der Waals surface area contributed by atoms with Crippen LogP contribution in [0, 0.1) is 6.92 Å². The summed E-state index contributed by atoms with van der Waals surface area (Å²) in [6.45, 7) is 2.95. The fourth-order valence-electron chi connectivity index (χ4n) is 1.43. The molecule has 0 radical (unpaired) electrons. The van der Waals surface area contributed by atoms with E-state index in [0.29, 0.717) is 0 Å². The Hall–Kier alpha value is -1.08. The van der Waals surface area contributed by atoms with E-state index in [1.165, 1.54) is 0 Å². The van der Waals surface area contributed by atoms with Crippen LogP contribution in [0.25, 0.3) is 0 Å². The van der Waals surface area contributed by atoms with Crippen LogP contribution in [0.4, 0.5) is 0 Å². The maximum atomic E-state index is 5.26. The molecule has 0 saturated carbocycles. The largest absolute Gasteiger partial charge is 0.375 e. The van der Waals surface area contributed by atoms with Crippen molar-refractivity contribution in [3.63, 3.8) is 0 Å². The van der Waals surface area contributed by atoms with Gasteiger partial charge in [-0.2, -0.15) is 5.10 Å². The number of fused-ring (bicyclic) bond motifs is 1. The summed E-state index contributed by atoms with van der Waals surface area (Å²) in [7, 11) is 0. The first kappa shape index (κ1) is 10.4. The zero-order valence-corrected chi connectivity index (χ0v) is 9.86. The van der Waals surface area contributed by atoms with E-state index in [1.807, 2.05) is 6.92 Å². The molecule has 1 aromatic rings. The standard InChI is InChI=1S/C8H11N5S2/c1-5-6(4-10-12-7(9)14)13-2-3-15-8(13)11-5/h4H,2-3H2,1H3,(H3,9,12,14)/b10-4+. The van der Waals surface area contributed by atoms with E-state index >= 15 is 0 Å². The van der Waals surface area contributed by atoms with Gasteiger partial charge in [0.1, 0.15) is 0 Å². The van der Waals surface area contributed by atoms with Crippen LogP contribution >= 0.6 is 24.0 Å². The third kappa shape index (κ3) is 2.13. The highest BCUT2D eigenvalue weighted by atomic mass is 32.2. The molecule has 0 bridgehead atoms. The second-order valence-corrected chi connectivity index (χ2v) is 4.60. The lowest BCUT2D eigenvalue weighted by Gasteiger charge is -1.99. The number of thioether (sulfide) groups is 1. The molecule has 0 aromatic carbocycles. The summed E-state index contributed by atoms with van der Waals surface area (Å²) in [5.74, 6) is 1.08. The number of aromatic nitrogens is 2. The van der Waals surface area contributed by atoms with Gasteiger partial charge in [-0.1, -0.05) is 11.8 Å². The molecule has 0 spiro atoms. The number of rotatable bonds is 2. The molecule has 0 saturated heterocycles. The quantitative estimate of drug-likeness (QED) is 0.447. The molecular formula is C8H11N5S2. The van der Waals surface area contributed by atoms with E-state index in [2.05, 4.69) is 32.3 Å². The maximum Gasteiger partial charge on any atom is 0.184 e. The highest BCUT2D eigenvalue weighted by Gasteiger charge is 2.18. The number of hydrogen-bond donors (Lipinski definition) is 2. The van der Waals surface area contributed by atoms with Crippen molar-refractivity contribution in [3.8, 4) is 0 Å². The first-order valence-corrected chi connectivity index (χ1v) is 5.86. The SMILES string of the molecule is Cc1nc2n(c1/C=N/NC(N)=S)CCS2. The summed E-state index contributed by atoms with van der Waals surface area (Å²) in [4.78, 5) is 4.43. The molecule has 7 heteroatoms. The zero-order chi connectivity index (χ0) is 10.8. The Morgan fingerprint density at radius 1 is 1.80 bits per heavy atom. The van der Waals surface area contributed by atoms with Crippen LogP contribution in [-0.2, 0) is 6.54 Å². The van der Waals surface area contributed by atoms with Crippen LogP contribution in [0.5, 0.6) is 0 Å². The molecule has 0 unspecified atom stereocenters. The first-order chi connectivity index (χ1) is 7.18. The summed E-state index contributed by atoms with van der Waals surface area (Å²) in [6, 6.07) is 0. The smallest absolute Gasteiger partial charge is 0.184 e. The van der Waals surface area contributed by atoms with Crippen LogP contribution in [0.1, 0.15) is 11.4 Å². The third-order valence-corrected chi connectivity index (χ3v) is 3.11. The molecule has 3 N–H and O–H groups in total. The average molecular weight is 241 g/mol. The van der Waals surface area contributed by atoms with Crippen molar-refractivity contribution in [1.29, 1.82) is 0 Å². The molecule has 1 aliphatic rings. The van der Waals surface area contributed by atoms with Crippen LogP contribution in [-0.4, -0.2) is 26.6 Å². The monoisotopic (exact) mass is 241 g/mol. The van der Waals surface area contributed by atoms with Gasteiger partial charge >= 0.3 is 0 Å². The average Bonchev–Trinajstić information content (AvgIpc) is 2.68. The van der Waals surface area contributed by atoms with E-state index < -0.39 is 0 Å². The van der Waals surface area contributed by atoms with Gasteiger partial charge in [0, 0.05) is 12.3 Å². The normalized spacial score (nSPS) is 14.5. The van der Waals surface area contributed by atoms with Crippen molar-refractivity contribution in [3.05, 3.63) is 11.4 Å². The van der Waals surface area contributed by atoms with Gasteiger partial charge in [0.2, 0.25) is 0 Å². The van der Waals surface area contributed by atoms with Gasteiger partial charge in [-0.05, 0) is 19.1 Å². The number of thiocarbonyl (C=S) groups is 1. The Morgan fingerprint density at radius 3 is 3.33 bits per heavy atom. The number of nitrogens with one attached hydrogen (secondary N) is 1. The predicted octanol–water partition coefficient (Wildman–Crippen LogP) is 0.464. The summed E-state index contributed by atoms with van der Waals surface area (Å²) in [5.41, 5.74) is 9.79. The molecular weight excluding hydrogens is 230 g/mol. The van der Waals surface area contributed by atoms with E-state index in [0.717, 1.165) is 28.8 Å². The summed E-state index contributed by atoms with van der Waals surface area (Å²) >= 11 is 6.41. The Bertz CT molecular complexity index is 423. The van der Waals surface area contributed by atoms with E-state index in [1.54, 1.807) is 18.0 Å². The van der Waals surface area contributed by atoms with Crippen molar-refractivity contribution in [1.82, 2.24) is 15.0 Å². The van der Waals surface area contributed by atoms with Crippen LogP contribution in [0.15, 0.2) is 10.3 Å². The topological polar surface area (TPSA) is 68.2 Å². The molecule has 1 aliphatic heterocycles. The fraction of sp³-hybridized carbons (Fsp3) is 0.375. The molecule has 0 amide bonds. The number of imidazole rings is 1. The highest BCUT2D eigenvalue weighted by molar-refractivity contribution is 7.99. The van der Waals surface area contributed by atoms with Crippen molar-refractivity contribution in [2.75, 3.05) is 5.75 Å². The molecule has 0 aliphatic carbocycles. The van der Waals surface area contributed by atoms with Crippen molar-refractivity contribution < 1.29 is 0 Å². The Balaban J connectivity index is 2.21. The minimum atomic E-state index is 0.166. The van der Waals surface area contributed by atoms with E-state index in [-0.39, 0.29) is 5.11 Å². The first-order valence-electron chi connectivity index (χ1n) is 4.47. The second-order valence-electron chi connectivity index (χ2n) is 3.10. The minimum absolute atomic E-state index is 0.166. The van der Waals surface area contributed by atoms with Gasteiger partial charge in [0.25, 0.3) is 0 Å². The number of nitrogens with two attached hydrogens (primary N) is 1. The number of hydrazone groups is 1. The lowest BCUT2D eigenvalue weighted by Crippen LogP contribution is -2.24. The second kappa shape index (κ2) is 4.19. The summed E-state index contributed by atoms with van der Waals surface area (Å²) in [5, 5.41) is 5.17. The summed E-state index contributed by atoms with van der Waals surface area (Å²) < 4.78 is 2.14. The Morgan fingerprint density at radius 2 is 2.60 bits per heavy atom. The summed E-state index contributed by atoms with van der Waals surface area (Å²) in [6.07, 6.45) is 1.71. The van der Waals surface area contributed by atoms with Gasteiger partial charge in [-0.15, -0.1) is 0 Å². The molecule has 80 valence electrons. The maximum absolute atomic E-state index is 5.26.